The van der Waals surface area contributed by atoms with Crippen LogP contribution in [0.3, 0.4) is 0 Å². The first-order valence-electron chi connectivity index (χ1n) is 7.82. The molecule has 0 amide bonds. The first-order chi connectivity index (χ1) is 11.7. The van der Waals surface area contributed by atoms with Gasteiger partial charge in [0.1, 0.15) is 11.0 Å². The van der Waals surface area contributed by atoms with Crippen molar-refractivity contribution < 1.29 is 0 Å². The van der Waals surface area contributed by atoms with Gasteiger partial charge in [-0.25, -0.2) is 4.98 Å². The topological polar surface area (TPSA) is 49.8 Å². The molecule has 3 rings (SSSR count). The summed E-state index contributed by atoms with van der Waals surface area (Å²) in [7, 11) is 0. The molecular formula is C19H19ClN4. The lowest BCUT2D eigenvalue weighted by Crippen LogP contribution is -2.09. The summed E-state index contributed by atoms with van der Waals surface area (Å²) >= 11 is 5.88. The number of nitrogens with zero attached hydrogens (tertiary/aromatic N) is 2. The van der Waals surface area contributed by atoms with Crippen LogP contribution in [0.25, 0.3) is 0 Å². The van der Waals surface area contributed by atoms with Crippen LogP contribution in [-0.4, -0.2) is 9.97 Å². The third kappa shape index (κ3) is 4.46. The van der Waals surface area contributed by atoms with Crippen LogP contribution in [0.2, 0.25) is 5.15 Å². The Labute approximate surface area is 146 Å². The van der Waals surface area contributed by atoms with Crippen molar-refractivity contribution in [3.63, 3.8) is 0 Å². The van der Waals surface area contributed by atoms with Crippen molar-refractivity contribution in [2.45, 2.75) is 19.5 Å². The third-order valence-electron chi connectivity index (χ3n) is 3.70. The Morgan fingerprint density at radius 3 is 2.67 bits per heavy atom. The van der Waals surface area contributed by atoms with Gasteiger partial charge in [-0.1, -0.05) is 54.1 Å². The lowest BCUT2D eigenvalue weighted by atomic mass is 10.1. The Morgan fingerprint density at radius 1 is 1.04 bits per heavy atom. The van der Waals surface area contributed by atoms with E-state index in [-0.39, 0.29) is 6.04 Å². The predicted octanol–water partition coefficient (Wildman–Crippen LogP) is 4.92. The molecule has 0 aliphatic carbocycles. The molecule has 3 aromatic rings. The van der Waals surface area contributed by atoms with E-state index in [0.717, 1.165) is 17.8 Å². The van der Waals surface area contributed by atoms with Crippen LogP contribution in [0.4, 0.5) is 11.5 Å². The second kappa shape index (κ2) is 7.79. The molecule has 24 heavy (non-hydrogen) atoms. The summed E-state index contributed by atoms with van der Waals surface area (Å²) < 4.78 is 0. The van der Waals surface area contributed by atoms with Crippen LogP contribution >= 0.6 is 11.6 Å². The van der Waals surface area contributed by atoms with E-state index in [0.29, 0.717) is 11.0 Å². The molecule has 0 saturated heterocycles. The van der Waals surface area contributed by atoms with Crippen molar-refractivity contribution >= 4 is 23.1 Å². The maximum Gasteiger partial charge on any atom is 0.149 e. The first kappa shape index (κ1) is 16.3. The van der Waals surface area contributed by atoms with Gasteiger partial charge in [-0.15, -0.1) is 0 Å². The van der Waals surface area contributed by atoms with E-state index < -0.39 is 0 Å². The molecule has 122 valence electrons. The van der Waals surface area contributed by atoms with E-state index >= 15 is 0 Å². The number of aromatic nitrogens is 2. The highest BCUT2D eigenvalue weighted by Crippen LogP contribution is 2.21. The summed E-state index contributed by atoms with van der Waals surface area (Å²) in [5.74, 6) is 0.664. The summed E-state index contributed by atoms with van der Waals surface area (Å²) in [4.78, 5) is 8.26. The first-order valence-corrected chi connectivity index (χ1v) is 8.20. The van der Waals surface area contributed by atoms with E-state index in [1.807, 2.05) is 24.3 Å². The van der Waals surface area contributed by atoms with Crippen molar-refractivity contribution in [1.29, 1.82) is 0 Å². The van der Waals surface area contributed by atoms with E-state index in [9.17, 15) is 0 Å². The molecule has 4 nitrogen and oxygen atoms in total. The van der Waals surface area contributed by atoms with Crippen molar-refractivity contribution in [1.82, 2.24) is 9.97 Å². The van der Waals surface area contributed by atoms with Gasteiger partial charge < -0.3 is 10.6 Å². The number of anilines is 2. The number of benzene rings is 2. The quantitative estimate of drug-likeness (QED) is 0.670. The van der Waals surface area contributed by atoms with Gasteiger partial charge in [-0.05, 0) is 30.2 Å². The van der Waals surface area contributed by atoms with Crippen LogP contribution in [0.15, 0.2) is 67.0 Å². The summed E-state index contributed by atoms with van der Waals surface area (Å²) in [6.07, 6.45) is 3.19. The molecule has 1 aromatic heterocycles. The Balaban J connectivity index is 1.65. The average molecular weight is 339 g/mol. The van der Waals surface area contributed by atoms with Crippen LogP contribution in [0.1, 0.15) is 24.1 Å². The number of hydrogen-bond acceptors (Lipinski definition) is 4. The Morgan fingerprint density at radius 2 is 1.88 bits per heavy atom. The van der Waals surface area contributed by atoms with Crippen LogP contribution < -0.4 is 10.6 Å². The maximum absolute atomic E-state index is 5.88. The number of hydrogen-bond donors (Lipinski definition) is 2. The number of halogens is 1. The van der Waals surface area contributed by atoms with Gasteiger partial charge in [-0.2, -0.15) is 0 Å². The minimum atomic E-state index is 0.0937. The van der Waals surface area contributed by atoms with Crippen molar-refractivity contribution in [2.75, 3.05) is 10.6 Å². The molecule has 2 aromatic carbocycles. The minimum absolute atomic E-state index is 0.0937. The molecule has 0 aliphatic rings. The molecule has 2 N–H and O–H groups in total. The molecule has 0 radical (unpaired) electrons. The zero-order valence-electron chi connectivity index (χ0n) is 13.4. The minimum Gasteiger partial charge on any atom is -0.381 e. The van der Waals surface area contributed by atoms with E-state index in [2.05, 4.69) is 57.9 Å². The Bertz CT molecular complexity index is 792. The fourth-order valence-electron chi connectivity index (χ4n) is 2.43. The third-order valence-corrected chi connectivity index (χ3v) is 3.88. The SMILES string of the molecule is C[C@H](Nc1cncc(Cl)n1)c1cccc(NCc2ccccc2)c1. The lowest BCUT2D eigenvalue weighted by molar-refractivity contribution is 0.871. The van der Waals surface area contributed by atoms with Gasteiger partial charge in [0, 0.05) is 12.2 Å². The van der Waals surface area contributed by atoms with Gasteiger partial charge in [-0.3, -0.25) is 4.98 Å². The second-order valence-corrected chi connectivity index (χ2v) is 5.94. The largest absolute Gasteiger partial charge is 0.381 e. The van der Waals surface area contributed by atoms with Gasteiger partial charge in [0.05, 0.1) is 18.4 Å². The van der Waals surface area contributed by atoms with Gasteiger partial charge in [0.15, 0.2) is 0 Å². The molecule has 0 saturated carbocycles. The molecule has 1 heterocycles. The highest BCUT2D eigenvalue weighted by atomic mass is 35.5. The van der Waals surface area contributed by atoms with E-state index in [4.69, 9.17) is 11.6 Å². The van der Waals surface area contributed by atoms with Gasteiger partial charge in [0.25, 0.3) is 0 Å². The molecule has 0 fully saturated rings. The molecule has 0 unspecified atom stereocenters. The zero-order chi connectivity index (χ0) is 16.8. The Hall–Kier alpha value is -2.59. The fourth-order valence-corrected chi connectivity index (χ4v) is 2.58. The van der Waals surface area contributed by atoms with Crippen molar-refractivity contribution in [3.05, 3.63) is 83.3 Å². The van der Waals surface area contributed by atoms with Crippen molar-refractivity contribution in [2.24, 2.45) is 0 Å². The highest BCUT2D eigenvalue weighted by molar-refractivity contribution is 6.29. The lowest BCUT2D eigenvalue weighted by Gasteiger charge is -2.16. The van der Waals surface area contributed by atoms with Crippen molar-refractivity contribution in [3.8, 4) is 0 Å². The highest BCUT2D eigenvalue weighted by Gasteiger charge is 2.07. The fraction of sp³-hybridized carbons (Fsp3) is 0.158. The summed E-state index contributed by atoms with van der Waals surface area (Å²) in [5.41, 5.74) is 3.50. The van der Waals surface area contributed by atoms with E-state index in [1.54, 1.807) is 6.20 Å². The molecule has 1 atom stereocenters. The molecule has 0 spiro atoms. The normalized spacial score (nSPS) is 11.8. The molecular weight excluding hydrogens is 320 g/mol. The summed E-state index contributed by atoms with van der Waals surface area (Å²) in [6.45, 7) is 2.88. The standard InChI is InChI=1S/C19H19ClN4/c1-14(23-19-13-21-12-18(20)24-19)16-8-5-9-17(10-16)22-11-15-6-3-2-4-7-15/h2-10,12-14,22H,11H2,1H3,(H,23,24)/t14-/m0/s1. The zero-order valence-corrected chi connectivity index (χ0v) is 14.2. The molecule has 0 aliphatic heterocycles. The van der Waals surface area contributed by atoms with Gasteiger partial charge >= 0.3 is 0 Å². The van der Waals surface area contributed by atoms with Crippen LogP contribution in [-0.2, 0) is 6.54 Å². The number of nitrogens with one attached hydrogen (secondary N) is 2. The monoisotopic (exact) mass is 338 g/mol. The molecule has 5 heteroatoms. The summed E-state index contributed by atoms with van der Waals surface area (Å²) in [6, 6.07) is 18.8. The smallest absolute Gasteiger partial charge is 0.149 e. The van der Waals surface area contributed by atoms with E-state index in [1.165, 1.54) is 11.8 Å². The maximum atomic E-state index is 5.88. The summed E-state index contributed by atoms with van der Waals surface area (Å²) in [5, 5.41) is 7.15. The predicted molar refractivity (Wildman–Crippen MR) is 99.3 cm³/mol. The second-order valence-electron chi connectivity index (χ2n) is 5.56. The molecule has 0 bridgehead atoms. The Kier molecular flexibility index (Phi) is 5.29. The average Bonchev–Trinajstić information content (AvgIpc) is 2.61. The number of rotatable bonds is 6. The van der Waals surface area contributed by atoms with Crippen LogP contribution in [0.5, 0.6) is 0 Å². The van der Waals surface area contributed by atoms with Gasteiger partial charge in [0.2, 0.25) is 0 Å². The van der Waals surface area contributed by atoms with Crippen LogP contribution in [0, 0.1) is 0 Å².